The van der Waals surface area contributed by atoms with Crippen molar-refractivity contribution in [3.63, 3.8) is 0 Å². The Hall–Kier alpha value is -0.980. The fourth-order valence-electron chi connectivity index (χ4n) is 1.42. The van der Waals surface area contributed by atoms with Gasteiger partial charge >= 0.3 is 0 Å². The number of rotatable bonds is 6. The van der Waals surface area contributed by atoms with Gasteiger partial charge in [0.15, 0.2) is 0 Å². The second-order valence-corrected chi connectivity index (χ2v) is 4.71. The first-order valence-corrected chi connectivity index (χ1v) is 6.59. The number of carbonyl (C=O) groups excluding carboxylic acids is 1. The monoisotopic (exact) mass is 257 g/mol. The van der Waals surface area contributed by atoms with Crippen LogP contribution in [0.25, 0.3) is 0 Å². The fraction of sp³-hybridized carbons (Fsp3) is 0.636. The van der Waals surface area contributed by atoms with E-state index in [1.807, 2.05) is 13.8 Å². The third-order valence-electron chi connectivity index (χ3n) is 2.39. The lowest BCUT2D eigenvalue weighted by Gasteiger charge is -2.19. The quantitative estimate of drug-likeness (QED) is 0.797. The van der Waals surface area contributed by atoms with Crippen LogP contribution in [-0.4, -0.2) is 40.6 Å². The molecule has 0 aromatic carbocycles. The molecule has 1 aromatic rings. The van der Waals surface area contributed by atoms with Crippen LogP contribution in [0.4, 0.5) is 0 Å². The highest BCUT2D eigenvalue weighted by Gasteiger charge is 2.17. The van der Waals surface area contributed by atoms with Gasteiger partial charge in [0.2, 0.25) is 0 Å². The van der Waals surface area contributed by atoms with Gasteiger partial charge in [-0.3, -0.25) is 4.79 Å². The van der Waals surface area contributed by atoms with Gasteiger partial charge in [0.05, 0.1) is 6.04 Å². The van der Waals surface area contributed by atoms with Crippen LogP contribution in [-0.2, 0) is 0 Å². The van der Waals surface area contributed by atoms with Crippen molar-refractivity contribution in [2.24, 2.45) is 5.73 Å². The second-order valence-electron chi connectivity index (χ2n) is 3.82. The number of hydrogen-bond donors (Lipinski definition) is 2. The Morgan fingerprint density at radius 1 is 1.71 bits per heavy atom. The molecule has 6 heteroatoms. The zero-order valence-corrected chi connectivity index (χ0v) is 11.0. The van der Waals surface area contributed by atoms with Crippen LogP contribution < -0.4 is 5.73 Å². The number of amides is 1. The van der Waals surface area contributed by atoms with Crippen LogP contribution in [0.2, 0.25) is 0 Å². The largest absolute Gasteiger partial charge is 0.396 e. The predicted octanol–water partition coefficient (Wildman–Crippen LogP) is 1.01. The topological polar surface area (TPSA) is 79.5 Å². The highest BCUT2D eigenvalue weighted by Crippen LogP contribution is 2.17. The van der Waals surface area contributed by atoms with Crippen molar-refractivity contribution in [3.05, 3.63) is 16.1 Å². The van der Waals surface area contributed by atoms with E-state index in [0.29, 0.717) is 25.2 Å². The molecule has 1 unspecified atom stereocenters. The first-order valence-electron chi connectivity index (χ1n) is 5.71. The van der Waals surface area contributed by atoms with Crippen molar-refractivity contribution in [2.45, 2.75) is 26.3 Å². The minimum absolute atomic E-state index is 0.0892. The third-order valence-corrected chi connectivity index (χ3v) is 3.43. The highest BCUT2D eigenvalue weighted by atomic mass is 32.1. The van der Waals surface area contributed by atoms with Gasteiger partial charge in [-0.25, -0.2) is 4.98 Å². The van der Waals surface area contributed by atoms with Gasteiger partial charge in [-0.05, 0) is 20.3 Å². The number of nitrogens with zero attached hydrogens (tertiary/aromatic N) is 2. The van der Waals surface area contributed by atoms with Gasteiger partial charge in [0.25, 0.3) is 5.91 Å². The van der Waals surface area contributed by atoms with Crippen LogP contribution in [0.3, 0.4) is 0 Å². The number of aliphatic hydroxyl groups excluding tert-OH is 1. The Balaban J connectivity index is 2.72. The lowest BCUT2D eigenvalue weighted by atomic mass is 10.3. The maximum atomic E-state index is 12.1. The summed E-state index contributed by atoms with van der Waals surface area (Å²) in [6.45, 7) is 5.01. The second kappa shape index (κ2) is 6.68. The van der Waals surface area contributed by atoms with E-state index in [1.54, 1.807) is 10.3 Å². The first kappa shape index (κ1) is 14.1. The van der Waals surface area contributed by atoms with Crippen LogP contribution in [0.5, 0.6) is 0 Å². The van der Waals surface area contributed by atoms with E-state index in [1.165, 1.54) is 11.3 Å². The lowest BCUT2D eigenvalue weighted by molar-refractivity contribution is 0.0749. The van der Waals surface area contributed by atoms with Crippen molar-refractivity contribution < 1.29 is 9.90 Å². The Kier molecular flexibility index (Phi) is 5.54. The Morgan fingerprint density at radius 2 is 2.41 bits per heavy atom. The minimum Gasteiger partial charge on any atom is -0.396 e. The lowest BCUT2D eigenvalue weighted by Crippen LogP contribution is -2.32. The molecule has 5 nitrogen and oxygen atoms in total. The van der Waals surface area contributed by atoms with E-state index in [4.69, 9.17) is 10.8 Å². The maximum absolute atomic E-state index is 12.1. The average Bonchev–Trinajstić information content (AvgIpc) is 2.79. The number of nitrogens with two attached hydrogens (primary N) is 1. The van der Waals surface area contributed by atoms with Crippen molar-refractivity contribution >= 4 is 17.2 Å². The van der Waals surface area contributed by atoms with E-state index in [-0.39, 0.29) is 18.6 Å². The number of aliphatic hydroxyl groups is 1. The smallest absolute Gasteiger partial charge is 0.273 e. The highest BCUT2D eigenvalue weighted by molar-refractivity contribution is 7.09. The summed E-state index contributed by atoms with van der Waals surface area (Å²) in [4.78, 5) is 18.0. The van der Waals surface area contributed by atoms with Gasteiger partial charge in [-0.1, -0.05) is 0 Å². The number of carbonyl (C=O) groups is 1. The molecule has 1 amide bonds. The van der Waals surface area contributed by atoms with Crippen molar-refractivity contribution in [3.8, 4) is 0 Å². The molecule has 0 aliphatic rings. The standard InChI is InChI=1S/C11H19N3O2S/c1-3-14(5-4-6-15)11(16)9-7-17-10(13-9)8(2)12/h7-8,15H,3-6,12H2,1-2H3. The van der Waals surface area contributed by atoms with Crippen molar-refractivity contribution in [1.29, 1.82) is 0 Å². The summed E-state index contributed by atoms with van der Waals surface area (Å²) in [6, 6.07) is -0.144. The van der Waals surface area contributed by atoms with Crippen LogP contribution in [0, 0.1) is 0 Å². The zero-order chi connectivity index (χ0) is 12.8. The number of thiazole rings is 1. The fourth-order valence-corrected chi connectivity index (χ4v) is 2.17. The van der Waals surface area contributed by atoms with Gasteiger partial charge < -0.3 is 15.7 Å². The molecule has 0 radical (unpaired) electrons. The Morgan fingerprint density at radius 3 is 2.88 bits per heavy atom. The van der Waals surface area contributed by atoms with E-state index >= 15 is 0 Å². The molecule has 0 aliphatic heterocycles. The molecular formula is C11H19N3O2S. The molecule has 0 fully saturated rings. The summed E-state index contributed by atoms with van der Waals surface area (Å²) >= 11 is 1.40. The molecule has 0 bridgehead atoms. The molecule has 1 atom stereocenters. The summed E-state index contributed by atoms with van der Waals surface area (Å²) in [7, 11) is 0. The van der Waals surface area contributed by atoms with Crippen molar-refractivity contribution in [2.75, 3.05) is 19.7 Å². The molecule has 1 aromatic heterocycles. The Bertz CT molecular complexity index is 365. The third kappa shape index (κ3) is 3.76. The van der Waals surface area contributed by atoms with Crippen LogP contribution in [0.15, 0.2) is 5.38 Å². The summed E-state index contributed by atoms with van der Waals surface area (Å²) < 4.78 is 0. The maximum Gasteiger partial charge on any atom is 0.273 e. The number of hydrogen-bond acceptors (Lipinski definition) is 5. The molecule has 0 spiro atoms. The summed E-state index contributed by atoms with van der Waals surface area (Å²) in [6.07, 6.45) is 0.587. The minimum atomic E-state index is -0.144. The zero-order valence-electron chi connectivity index (χ0n) is 10.2. The normalized spacial score (nSPS) is 12.5. The van der Waals surface area contributed by atoms with E-state index in [9.17, 15) is 4.79 Å². The van der Waals surface area contributed by atoms with Crippen LogP contribution in [0.1, 0.15) is 41.8 Å². The summed E-state index contributed by atoms with van der Waals surface area (Å²) in [5, 5.41) is 11.3. The predicted molar refractivity (Wildman–Crippen MR) is 68.0 cm³/mol. The summed E-state index contributed by atoms with van der Waals surface area (Å²) in [5.74, 6) is -0.0934. The summed E-state index contributed by atoms with van der Waals surface area (Å²) in [5.41, 5.74) is 6.15. The molecule has 0 aliphatic carbocycles. The molecule has 1 rings (SSSR count). The van der Waals surface area contributed by atoms with E-state index in [2.05, 4.69) is 4.98 Å². The first-order chi connectivity index (χ1) is 8.10. The van der Waals surface area contributed by atoms with E-state index in [0.717, 1.165) is 5.01 Å². The molecule has 1 heterocycles. The van der Waals surface area contributed by atoms with Crippen molar-refractivity contribution in [1.82, 2.24) is 9.88 Å². The Labute approximate surface area is 105 Å². The number of aromatic nitrogens is 1. The molecule has 0 saturated carbocycles. The van der Waals surface area contributed by atoms with Crippen LogP contribution >= 0.6 is 11.3 Å². The van der Waals surface area contributed by atoms with Gasteiger partial charge in [-0.2, -0.15) is 0 Å². The van der Waals surface area contributed by atoms with Gasteiger partial charge in [0, 0.05) is 25.1 Å². The molecule has 96 valence electrons. The van der Waals surface area contributed by atoms with Gasteiger partial charge in [-0.15, -0.1) is 11.3 Å². The molecule has 3 N–H and O–H groups in total. The molecule has 17 heavy (non-hydrogen) atoms. The average molecular weight is 257 g/mol. The van der Waals surface area contributed by atoms with E-state index < -0.39 is 0 Å². The molecule has 0 saturated heterocycles. The van der Waals surface area contributed by atoms with Gasteiger partial charge in [0.1, 0.15) is 10.7 Å². The SMILES string of the molecule is CCN(CCCO)C(=O)c1csc(C(C)N)n1. The molecular weight excluding hydrogens is 238 g/mol.